The van der Waals surface area contributed by atoms with Crippen molar-refractivity contribution < 1.29 is 24.1 Å². The van der Waals surface area contributed by atoms with Crippen molar-refractivity contribution in [2.75, 3.05) is 21.3 Å². The lowest BCUT2D eigenvalue weighted by Crippen LogP contribution is -2.14. The molecule has 0 saturated carbocycles. The van der Waals surface area contributed by atoms with Gasteiger partial charge < -0.3 is 19.3 Å². The summed E-state index contributed by atoms with van der Waals surface area (Å²) < 4.78 is 14.3. The Kier molecular flexibility index (Phi) is 4.07. The van der Waals surface area contributed by atoms with Crippen molar-refractivity contribution in [2.45, 2.75) is 6.10 Å². The van der Waals surface area contributed by atoms with Gasteiger partial charge in [0.1, 0.15) is 5.75 Å². The molecular formula is C10H13NO5. The minimum atomic E-state index is -1.42. The summed E-state index contributed by atoms with van der Waals surface area (Å²) in [5, 5.41) is 9.68. The van der Waals surface area contributed by atoms with Gasteiger partial charge in [-0.1, -0.05) is 0 Å². The van der Waals surface area contributed by atoms with Gasteiger partial charge in [0.25, 0.3) is 0 Å². The van der Waals surface area contributed by atoms with Crippen LogP contribution in [0.2, 0.25) is 0 Å². The van der Waals surface area contributed by atoms with E-state index in [0.717, 1.165) is 0 Å². The molecule has 0 aliphatic rings. The molecule has 6 nitrogen and oxygen atoms in total. The van der Waals surface area contributed by atoms with E-state index < -0.39 is 12.1 Å². The smallest absolute Gasteiger partial charge is 0.339 e. The monoisotopic (exact) mass is 227 g/mol. The third-order valence-corrected chi connectivity index (χ3v) is 2.02. The average Bonchev–Trinajstić information content (AvgIpc) is 2.35. The fraction of sp³-hybridized carbons (Fsp3) is 0.400. The zero-order valence-corrected chi connectivity index (χ0v) is 9.26. The van der Waals surface area contributed by atoms with E-state index in [1.54, 1.807) is 0 Å². The quantitative estimate of drug-likeness (QED) is 0.745. The summed E-state index contributed by atoms with van der Waals surface area (Å²) in [6.45, 7) is 0. The largest absolute Gasteiger partial charge is 0.495 e. The number of aromatic nitrogens is 1. The highest BCUT2D eigenvalue weighted by Gasteiger charge is 2.23. The van der Waals surface area contributed by atoms with Gasteiger partial charge in [0.05, 0.1) is 27.5 Å². The molecular weight excluding hydrogens is 214 g/mol. The topological polar surface area (TPSA) is 77.9 Å². The second-order valence-corrected chi connectivity index (χ2v) is 2.89. The van der Waals surface area contributed by atoms with Crippen molar-refractivity contribution in [3.63, 3.8) is 0 Å². The molecule has 1 aromatic rings. The van der Waals surface area contributed by atoms with Crippen molar-refractivity contribution in [1.82, 2.24) is 4.98 Å². The molecule has 1 unspecified atom stereocenters. The molecule has 0 fully saturated rings. The van der Waals surface area contributed by atoms with Crippen LogP contribution in [0, 0.1) is 0 Å². The van der Waals surface area contributed by atoms with Crippen molar-refractivity contribution in [3.05, 3.63) is 17.8 Å². The molecule has 0 aliphatic heterocycles. The third kappa shape index (κ3) is 2.40. The zero-order chi connectivity index (χ0) is 12.1. The van der Waals surface area contributed by atoms with E-state index in [-0.39, 0.29) is 11.4 Å². The SMILES string of the molecule is COC(=O)C(O)c1cc(OC)ncc1OC. The summed E-state index contributed by atoms with van der Waals surface area (Å²) >= 11 is 0. The van der Waals surface area contributed by atoms with Gasteiger partial charge in [-0.15, -0.1) is 0 Å². The van der Waals surface area contributed by atoms with Crippen molar-refractivity contribution in [3.8, 4) is 11.6 Å². The molecule has 1 heterocycles. The van der Waals surface area contributed by atoms with E-state index in [0.29, 0.717) is 5.75 Å². The molecule has 1 rings (SSSR count). The molecule has 16 heavy (non-hydrogen) atoms. The molecule has 88 valence electrons. The molecule has 0 bridgehead atoms. The van der Waals surface area contributed by atoms with Gasteiger partial charge in [0.15, 0.2) is 6.10 Å². The standard InChI is InChI=1S/C10H13NO5/c1-14-7-5-11-8(15-2)4-6(7)9(12)10(13)16-3/h4-5,9,12H,1-3H3. The second kappa shape index (κ2) is 5.32. The lowest BCUT2D eigenvalue weighted by molar-refractivity contribution is -0.150. The molecule has 0 amide bonds. The normalized spacial score (nSPS) is 11.8. The Hall–Kier alpha value is -1.82. The number of ether oxygens (including phenoxy) is 3. The van der Waals surface area contributed by atoms with Gasteiger partial charge in [-0.2, -0.15) is 0 Å². The molecule has 0 aliphatic carbocycles. The molecule has 6 heteroatoms. The summed E-state index contributed by atoms with van der Waals surface area (Å²) in [5.41, 5.74) is 0.251. The van der Waals surface area contributed by atoms with Crippen molar-refractivity contribution >= 4 is 5.97 Å². The van der Waals surface area contributed by atoms with E-state index in [4.69, 9.17) is 9.47 Å². The fourth-order valence-electron chi connectivity index (χ4n) is 1.17. The Morgan fingerprint density at radius 1 is 1.38 bits per heavy atom. The Bertz CT molecular complexity index is 379. The van der Waals surface area contributed by atoms with Gasteiger partial charge in [-0.05, 0) is 0 Å². The van der Waals surface area contributed by atoms with Crippen LogP contribution >= 0.6 is 0 Å². The van der Waals surface area contributed by atoms with Crippen molar-refractivity contribution in [2.24, 2.45) is 0 Å². The minimum absolute atomic E-state index is 0.251. The maximum Gasteiger partial charge on any atom is 0.339 e. The summed E-state index contributed by atoms with van der Waals surface area (Å²) in [7, 11) is 4.04. The molecule has 0 radical (unpaired) electrons. The number of carbonyl (C=O) groups excluding carboxylic acids is 1. The van der Waals surface area contributed by atoms with E-state index in [1.165, 1.54) is 33.6 Å². The van der Waals surface area contributed by atoms with Crippen LogP contribution in [0.5, 0.6) is 11.6 Å². The first-order valence-corrected chi connectivity index (χ1v) is 4.47. The Morgan fingerprint density at radius 2 is 2.06 bits per heavy atom. The van der Waals surface area contributed by atoms with Gasteiger partial charge in [0.2, 0.25) is 5.88 Å². The lowest BCUT2D eigenvalue weighted by atomic mass is 10.1. The van der Waals surface area contributed by atoms with E-state index >= 15 is 0 Å². The summed E-state index contributed by atoms with van der Waals surface area (Å²) in [4.78, 5) is 15.1. The first-order chi connectivity index (χ1) is 7.63. The number of pyridine rings is 1. The van der Waals surface area contributed by atoms with Crippen LogP contribution in [0.3, 0.4) is 0 Å². The van der Waals surface area contributed by atoms with E-state index in [2.05, 4.69) is 9.72 Å². The molecule has 1 aromatic heterocycles. The maximum absolute atomic E-state index is 11.2. The van der Waals surface area contributed by atoms with E-state index in [1.807, 2.05) is 0 Å². The number of nitrogens with zero attached hydrogens (tertiary/aromatic N) is 1. The summed E-state index contributed by atoms with van der Waals surface area (Å²) in [6.07, 6.45) is -0.0581. The maximum atomic E-state index is 11.2. The highest BCUT2D eigenvalue weighted by atomic mass is 16.5. The Morgan fingerprint density at radius 3 is 2.56 bits per heavy atom. The third-order valence-electron chi connectivity index (χ3n) is 2.02. The second-order valence-electron chi connectivity index (χ2n) is 2.89. The Balaban J connectivity index is 3.12. The first kappa shape index (κ1) is 12.3. The molecule has 0 saturated heterocycles. The number of rotatable bonds is 4. The Labute approximate surface area is 92.8 Å². The van der Waals surface area contributed by atoms with Gasteiger partial charge in [0, 0.05) is 11.6 Å². The number of esters is 1. The number of carbonyl (C=O) groups is 1. The van der Waals surface area contributed by atoms with Crippen molar-refractivity contribution in [1.29, 1.82) is 0 Å². The number of hydrogen-bond donors (Lipinski definition) is 1. The van der Waals surface area contributed by atoms with Crippen LogP contribution in [-0.4, -0.2) is 37.4 Å². The lowest BCUT2D eigenvalue weighted by Gasteiger charge is -2.13. The number of methoxy groups -OCH3 is 3. The van der Waals surface area contributed by atoms with E-state index in [9.17, 15) is 9.90 Å². The van der Waals surface area contributed by atoms with Crippen LogP contribution in [-0.2, 0) is 9.53 Å². The van der Waals surface area contributed by atoms with Gasteiger partial charge in [-0.25, -0.2) is 9.78 Å². The highest BCUT2D eigenvalue weighted by Crippen LogP contribution is 2.27. The number of aliphatic hydroxyl groups excluding tert-OH is 1. The van der Waals surface area contributed by atoms with Crippen LogP contribution in [0.1, 0.15) is 11.7 Å². The van der Waals surface area contributed by atoms with Crippen LogP contribution in [0.25, 0.3) is 0 Å². The predicted molar refractivity (Wildman–Crippen MR) is 54.3 cm³/mol. The summed E-state index contributed by atoms with van der Waals surface area (Å²) in [6, 6.07) is 1.42. The van der Waals surface area contributed by atoms with Crippen LogP contribution in [0.4, 0.5) is 0 Å². The predicted octanol–water partition coefficient (Wildman–Crippen LogP) is 0.305. The zero-order valence-electron chi connectivity index (χ0n) is 9.26. The highest BCUT2D eigenvalue weighted by molar-refractivity contribution is 5.77. The molecule has 1 N–H and O–H groups in total. The summed E-state index contributed by atoms with van der Waals surface area (Å²) in [5.74, 6) is -0.205. The number of aliphatic hydroxyl groups is 1. The molecule has 0 aromatic carbocycles. The van der Waals surface area contributed by atoms with Crippen LogP contribution < -0.4 is 9.47 Å². The fourth-order valence-corrected chi connectivity index (χ4v) is 1.17. The van der Waals surface area contributed by atoms with Gasteiger partial charge in [-0.3, -0.25) is 0 Å². The molecule has 0 spiro atoms. The number of hydrogen-bond acceptors (Lipinski definition) is 6. The average molecular weight is 227 g/mol. The molecule has 1 atom stereocenters. The minimum Gasteiger partial charge on any atom is -0.495 e. The first-order valence-electron chi connectivity index (χ1n) is 4.47. The van der Waals surface area contributed by atoms with Gasteiger partial charge >= 0.3 is 5.97 Å². The van der Waals surface area contributed by atoms with Crippen LogP contribution in [0.15, 0.2) is 12.3 Å².